The van der Waals surface area contributed by atoms with Crippen LogP contribution in [-0.4, -0.2) is 17.1 Å². The second-order valence-electron chi connectivity index (χ2n) is 6.68. The molecule has 8 heteroatoms. The van der Waals surface area contributed by atoms with Crippen LogP contribution < -0.4 is 4.90 Å². The van der Waals surface area contributed by atoms with E-state index in [0.717, 1.165) is 11.0 Å². The Labute approximate surface area is 151 Å². The summed E-state index contributed by atoms with van der Waals surface area (Å²) in [6.45, 7) is 4.87. The maximum absolute atomic E-state index is 13.2. The highest BCUT2D eigenvalue weighted by atomic mass is 79.9. The quantitative estimate of drug-likeness (QED) is 0.545. The van der Waals surface area contributed by atoms with Crippen LogP contribution in [0, 0.1) is 22.2 Å². The van der Waals surface area contributed by atoms with Crippen LogP contribution in [-0.2, 0) is 15.8 Å². The Bertz CT molecular complexity index is 783. The van der Waals surface area contributed by atoms with E-state index in [4.69, 9.17) is 5.26 Å². The molecule has 1 aliphatic rings. The molecule has 0 spiro atoms. The molecule has 25 heavy (non-hydrogen) atoms. The summed E-state index contributed by atoms with van der Waals surface area (Å²) in [4.78, 5) is 26.5. The van der Waals surface area contributed by atoms with Crippen LogP contribution in [0.4, 0.5) is 18.9 Å². The molecule has 0 radical (unpaired) electrons. The van der Waals surface area contributed by atoms with Crippen LogP contribution in [0.2, 0.25) is 0 Å². The number of carbonyl (C=O) groups is 2. The van der Waals surface area contributed by atoms with Gasteiger partial charge >= 0.3 is 6.18 Å². The molecular formula is C17H16BrF3N2O2. The summed E-state index contributed by atoms with van der Waals surface area (Å²) in [7, 11) is 0. The molecule has 1 atom stereocenters. The lowest BCUT2D eigenvalue weighted by Gasteiger charge is -2.32. The maximum Gasteiger partial charge on any atom is 0.417 e. The summed E-state index contributed by atoms with van der Waals surface area (Å²) < 4.78 is 39.5. The number of imide groups is 1. The van der Waals surface area contributed by atoms with E-state index in [-0.39, 0.29) is 5.69 Å². The van der Waals surface area contributed by atoms with E-state index in [1.807, 2.05) is 0 Å². The molecule has 2 amide bonds. The van der Waals surface area contributed by atoms with E-state index in [0.29, 0.717) is 17.8 Å². The molecule has 0 N–H and O–H groups in total. The maximum atomic E-state index is 13.2. The lowest BCUT2D eigenvalue weighted by Crippen LogP contribution is -2.38. The zero-order chi connectivity index (χ0) is 19.2. The first-order valence-corrected chi connectivity index (χ1v) is 8.60. The third-order valence-electron chi connectivity index (χ3n) is 5.07. The first kappa shape index (κ1) is 19.4. The van der Waals surface area contributed by atoms with Crippen molar-refractivity contribution in [3.63, 3.8) is 0 Å². The highest BCUT2D eigenvalue weighted by molar-refractivity contribution is 9.09. The number of amides is 2. The van der Waals surface area contributed by atoms with Gasteiger partial charge in [0.25, 0.3) is 0 Å². The van der Waals surface area contributed by atoms with Crippen molar-refractivity contribution in [2.24, 2.45) is 10.8 Å². The van der Waals surface area contributed by atoms with E-state index in [9.17, 15) is 22.8 Å². The lowest BCUT2D eigenvalue weighted by atomic mass is 9.67. The first-order chi connectivity index (χ1) is 11.4. The van der Waals surface area contributed by atoms with Crippen molar-refractivity contribution in [1.82, 2.24) is 0 Å². The normalized spacial score (nSPS) is 23.0. The van der Waals surface area contributed by atoms with Crippen molar-refractivity contribution in [2.75, 3.05) is 10.2 Å². The molecule has 0 aromatic heterocycles. The molecule has 4 nitrogen and oxygen atoms in total. The molecule has 1 aromatic carbocycles. The van der Waals surface area contributed by atoms with Crippen molar-refractivity contribution >= 4 is 33.4 Å². The van der Waals surface area contributed by atoms with E-state index in [1.54, 1.807) is 20.8 Å². The van der Waals surface area contributed by atoms with E-state index in [2.05, 4.69) is 15.9 Å². The van der Waals surface area contributed by atoms with Gasteiger partial charge < -0.3 is 0 Å². The summed E-state index contributed by atoms with van der Waals surface area (Å²) in [6, 6.07) is 4.34. The number of nitriles is 1. The van der Waals surface area contributed by atoms with Crippen molar-refractivity contribution < 1.29 is 22.8 Å². The van der Waals surface area contributed by atoms with Gasteiger partial charge in [0.05, 0.1) is 33.7 Å². The predicted molar refractivity (Wildman–Crippen MR) is 89.0 cm³/mol. The van der Waals surface area contributed by atoms with E-state index >= 15 is 0 Å². The smallest absolute Gasteiger partial charge is 0.273 e. The van der Waals surface area contributed by atoms with Crippen LogP contribution in [0.5, 0.6) is 0 Å². The summed E-state index contributed by atoms with van der Waals surface area (Å²) >= 11 is 3.26. The molecule has 1 aromatic rings. The number of anilines is 1. The fourth-order valence-corrected chi connectivity index (χ4v) is 3.76. The Morgan fingerprint density at radius 2 is 1.80 bits per heavy atom. The van der Waals surface area contributed by atoms with E-state index in [1.165, 1.54) is 12.1 Å². The Morgan fingerprint density at radius 1 is 1.20 bits per heavy atom. The number of benzene rings is 1. The van der Waals surface area contributed by atoms with Gasteiger partial charge in [-0.3, -0.25) is 9.59 Å². The first-order valence-electron chi connectivity index (χ1n) is 7.48. The van der Waals surface area contributed by atoms with Gasteiger partial charge in [0, 0.05) is 5.33 Å². The number of hydrogen-bond acceptors (Lipinski definition) is 3. The SMILES string of the molecule is CC1(C)C(=O)N(c2ccc(C#N)c(C(F)(F)F)c2)C(=O)C1(C)CCBr. The Balaban J connectivity index is 2.62. The summed E-state index contributed by atoms with van der Waals surface area (Å²) in [6.07, 6.45) is -4.40. The van der Waals surface area contributed by atoms with Crippen LogP contribution in [0.3, 0.4) is 0 Å². The molecule has 0 bridgehead atoms. The minimum absolute atomic E-state index is 0.173. The third kappa shape index (κ3) is 2.84. The number of carbonyl (C=O) groups excluding carboxylic acids is 2. The topological polar surface area (TPSA) is 61.2 Å². The van der Waals surface area contributed by atoms with Crippen molar-refractivity contribution in [1.29, 1.82) is 5.26 Å². The molecule has 0 aliphatic carbocycles. The monoisotopic (exact) mass is 416 g/mol. The molecule has 1 fully saturated rings. The van der Waals surface area contributed by atoms with Crippen LogP contribution >= 0.6 is 15.9 Å². The van der Waals surface area contributed by atoms with E-state index < -0.39 is 39.9 Å². The van der Waals surface area contributed by atoms with Crippen molar-refractivity contribution in [2.45, 2.75) is 33.4 Å². The van der Waals surface area contributed by atoms with Gasteiger partial charge in [-0.25, -0.2) is 4.90 Å². The van der Waals surface area contributed by atoms with Gasteiger partial charge in [0.15, 0.2) is 0 Å². The number of rotatable bonds is 3. The predicted octanol–water partition coefficient (Wildman–Crippen LogP) is 4.27. The number of hydrogen-bond donors (Lipinski definition) is 0. The van der Waals surface area contributed by atoms with Gasteiger partial charge in [0.2, 0.25) is 11.8 Å². The van der Waals surface area contributed by atoms with Crippen molar-refractivity contribution in [3.05, 3.63) is 29.3 Å². The average Bonchev–Trinajstić information content (AvgIpc) is 2.65. The van der Waals surface area contributed by atoms with Gasteiger partial charge in [0.1, 0.15) is 0 Å². The largest absolute Gasteiger partial charge is 0.417 e. The van der Waals surface area contributed by atoms with Gasteiger partial charge in [-0.05, 0) is 45.4 Å². The summed E-state index contributed by atoms with van der Waals surface area (Å²) in [5, 5.41) is 9.35. The van der Waals surface area contributed by atoms with Gasteiger partial charge in [-0.2, -0.15) is 18.4 Å². The number of alkyl halides is 4. The minimum Gasteiger partial charge on any atom is -0.273 e. The van der Waals surface area contributed by atoms with Gasteiger partial charge in [-0.15, -0.1) is 0 Å². The standard InChI is InChI=1S/C17H16BrF3N2O2/c1-15(2)13(24)23(14(25)16(15,3)6-7-18)11-5-4-10(9-22)12(8-11)17(19,20)21/h4-5,8H,6-7H2,1-3H3. The fraction of sp³-hybridized carbons (Fsp3) is 0.471. The Morgan fingerprint density at radius 3 is 2.28 bits per heavy atom. The van der Waals surface area contributed by atoms with Crippen LogP contribution in [0.25, 0.3) is 0 Å². The molecule has 1 saturated heterocycles. The Hall–Kier alpha value is -1.88. The second-order valence-corrected chi connectivity index (χ2v) is 7.47. The van der Waals surface area contributed by atoms with Crippen LogP contribution in [0.15, 0.2) is 18.2 Å². The number of halogens is 4. The molecule has 134 valence electrons. The molecule has 1 unspecified atom stereocenters. The summed E-state index contributed by atoms with van der Waals surface area (Å²) in [5.74, 6) is -1.10. The number of nitrogens with zero attached hydrogens (tertiary/aromatic N) is 2. The highest BCUT2D eigenvalue weighted by Gasteiger charge is 2.61. The zero-order valence-electron chi connectivity index (χ0n) is 13.9. The van der Waals surface area contributed by atoms with Crippen LogP contribution in [0.1, 0.15) is 38.3 Å². The second kappa shape index (κ2) is 6.13. The molecule has 1 heterocycles. The lowest BCUT2D eigenvalue weighted by molar-refractivity contribution is -0.138. The van der Waals surface area contributed by atoms with Crippen molar-refractivity contribution in [3.8, 4) is 6.07 Å². The molecular weight excluding hydrogens is 401 g/mol. The highest BCUT2D eigenvalue weighted by Crippen LogP contribution is 2.51. The van der Waals surface area contributed by atoms with Gasteiger partial charge in [-0.1, -0.05) is 15.9 Å². The molecule has 0 saturated carbocycles. The minimum atomic E-state index is -4.76. The Kier molecular flexibility index (Phi) is 4.77. The summed E-state index contributed by atoms with van der Waals surface area (Å²) in [5.41, 5.74) is -4.00. The molecule has 1 aliphatic heterocycles. The fourth-order valence-electron chi connectivity index (χ4n) is 2.97. The third-order valence-corrected chi connectivity index (χ3v) is 5.47. The average molecular weight is 417 g/mol. The zero-order valence-corrected chi connectivity index (χ0v) is 15.5. The molecule has 2 rings (SSSR count).